The number of nitrogens with zero attached hydrogens (tertiary/aromatic N) is 2. The van der Waals surface area contributed by atoms with Crippen molar-refractivity contribution < 1.29 is 17.6 Å². The van der Waals surface area contributed by atoms with Crippen molar-refractivity contribution >= 4 is 34.5 Å². The molecular formula is C13H6ClF3N2OS. The molecule has 3 rings (SSSR count). The predicted octanol–water partition coefficient (Wildman–Crippen LogP) is 5.05. The van der Waals surface area contributed by atoms with Gasteiger partial charge in [-0.25, -0.2) is 9.97 Å². The number of hydrogen-bond acceptors (Lipinski definition) is 4. The molecule has 21 heavy (non-hydrogen) atoms. The molecule has 0 unspecified atom stereocenters. The van der Waals surface area contributed by atoms with E-state index in [1.807, 2.05) is 6.07 Å². The molecule has 108 valence electrons. The van der Waals surface area contributed by atoms with Crippen LogP contribution in [0.2, 0.25) is 5.02 Å². The Balaban J connectivity index is 1.91. The summed E-state index contributed by atoms with van der Waals surface area (Å²) in [7, 11) is 0. The van der Waals surface area contributed by atoms with Crippen molar-refractivity contribution in [3.05, 3.63) is 47.1 Å². The summed E-state index contributed by atoms with van der Waals surface area (Å²) < 4.78 is 43.0. The summed E-state index contributed by atoms with van der Waals surface area (Å²) in [6.45, 7) is 0. The zero-order valence-electron chi connectivity index (χ0n) is 10.2. The molecule has 2 heterocycles. The molecule has 3 aromatic rings. The second kappa shape index (κ2) is 5.23. The van der Waals surface area contributed by atoms with E-state index in [0.29, 0.717) is 11.1 Å². The molecular weight excluding hydrogens is 325 g/mol. The molecule has 0 amide bonds. The Morgan fingerprint density at radius 2 is 1.95 bits per heavy atom. The zero-order valence-corrected chi connectivity index (χ0v) is 11.8. The van der Waals surface area contributed by atoms with Gasteiger partial charge in [0.15, 0.2) is 5.58 Å². The van der Waals surface area contributed by atoms with E-state index in [-0.39, 0.29) is 15.3 Å². The van der Waals surface area contributed by atoms with Gasteiger partial charge >= 0.3 is 6.18 Å². The topological polar surface area (TPSA) is 38.9 Å². The summed E-state index contributed by atoms with van der Waals surface area (Å²) in [6, 6.07) is 7.95. The summed E-state index contributed by atoms with van der Waals surface area (Å²) in [5, 5.41) is 0.374. The Labute approximate surface area is 126 Å². The van der Waals surface area contributed by atoms with E-state index < -0.39 is 11.7 Å². The average molecular weight is 331 g/mol. The molecule has 0 aliphatic rings. The van der Waals surface area contributed by atoms with Crippen molar-refractivity contribution in [3.63, 3.8) is 0 Å². The molecule has 8 heteroatoms. The van der Waals surface area contributed by atoms with Crippen LogP contribution in [0, 0.1) is 0 Å². The van der Waals surface area contributed by atoms with Crippen molar-refractivity contribution in [2.45, 2.75) is 16.4 Å². The van der Waals surface area contributed by atoms with Gasteiger partial charge in [-0.1, -0.05) is 23.7 Å². The lowest BCUT2D eigenvalue weighted by atomic mass is 10.3. The predicted molar refractivity (Wildman–Crippen MR) is 72.4 cm³/mol. The van der Waals surface area contributed by atoms with Gasteiger partial charge in [0.25, 0.3) is 5.22 Å². The standard InChI is InChI=1S/C13H6ClF3N2OS/c14-8-5-7(13(15,16)17)6-18-11(8)21-12-19-9-3-1-2-4-10(9)20-12/h1-6H. The van der Waals surface area contributed by atoms with Gasteiger partial charge in [-0.2, -0.15) is 13.2 Å². The lowest BCUT2D eigenvalue weighted by molar-refractivity contribution is -0.137. The highest BCUT2D eigenvalue weighted by molar-refractivity contribution is 7.99. The van der Waals surface area contributed by atoms with Crippen LogP contribution in [0.4, 0.5) is 13.2 Å². The molecule has 3 nitrogen and oxygen atoms in total. The fraction of sp³-hybridized carbons (Fsp3) is 0.0769. The monoisotopic (exact) mass is 330 g/mol. The van der Waals surface area contributed by atoms with Gasteiger partial charge < -0.3 is 4.42 Å². The normalized spacial score (nSPS) is 12.0. The van der Waals surface area contributed by atoms with Crippen molar-refractivity contribution in [2.24, 2.45) is 0 Å². The van der Waals surface area contributed by atoms with Crippen LogP contribution >= 0.6 is 23.4 Å². The lowest BCUT2D eigenvalue weighted by Gasteiger charge is -2.07. The van der Waals surface area contributed by atoms with Crippen LogP contribution in [0.15, 0.2) is 51.2 Å². The van der Waals surface area contributed by atoms with Gasteiger partial charge in [0.2, 0.25) is 0 Å². The van der Waals surface area contributed by atoms with Gasteiger partial charge in [-0.05, 0) is 30.0 Å². The molecule has 0 aliphatic heterocycles. The van der Waals surface area contributed by atoms with Gasteiger partial charge in [-0.3, -0.25) is 0 Å². The number of hydrogen-bond donors (Lipinski definition) is 0. The summed E-state index contributed by atoms with van der Waals surface area (Å²) in [5.41, 5.74) is 0.348. The SMILES string of the molecule is FC(F)(F)c1cnc(Sc2nc3ccccc3o2)c(Cl)c1. The minimum Gasteiger partial charge on any atom is -0.431 e. The number of alkyl halides is 3. The van der Waals surface area contributed by atoms with E-state index >= 15 is 0 Å². The van der Waals surface area contributed by atoms with E-state index in [9.17, 15) is 13.2 Å². The maximum Gasteiger partial charge on any atom is 0.417 e. The Morgan fingerprint density at radius 1 is 1.19 bits per heavy atom. The van der Waals surface area contributed by atoms with Gasteiger partial charge in [0.1, 0.15) is 10.5 Å². The first-order valence-electron chi connectivity index (χ1n) is 5.69. The van der Waals surface area contributed by atoms with Crippen molar-refractivity contribution in [2.75, 3.05) is 0 Å². The largest absolute Gasteiger partial charge is 0.431 e. The summed E-state index contributed by atoms with van der Waals surface area (Å²) in [6.07, 6.45) is -3.74. The molecule has 0 fully saturated rings. The number of pyridine rings is 1. The second-order valence-corrected chi connectivity index (χ2v) is 5.41. The highest BCUT2D eigenvalue weighted by Gasteiger charge is 2.31. The Hall–Kier alpha value is -1.73. The Bertz CT molecular complexity index is 770. The fourth-order valence-corrected chi connectivity index (χ4v) is 2.62. The van der Waals surface area contributed by atoms with E-state index in [1.54, 1.807) is 18.2 Å². The number of fused-ring (bicyclic) bond motifs is 1. The molecule has 0 spiro atoms. The minimum absolute atomic E-state index is 0.0999. The molecule has 0 N–H and O–H groups in total. The molecule has 0 aliphatic carbocycles. The van der Waals surface area contributed by atoms with Crippen LogP contribution in [-0.2, 0) is 6.18 Å². The zero-order chi connectivity index (χ0) is 15.0. The smallest absolute Gasteiger partial charge is 0.417 e. The van der Waals surface area contributed by atoms with Crippen LogP contribution in [0.25, 0.3) is 11.1 Å². The average Bonchev–Trinajstić information content (AvgIpc) is 2.82. The number of oxazole rings is 1. The third kappa shape index (κ3) is 2.98. The van der Waals surface area contributed by atoms with Gasteiger partial charge in [0.05, 0.1) is 10.6 Å². The van der Waals surface area contributed by atoms with E-state index in [4.69, 9.17) is 16.0 Å². The maximum atomic E-state index is 12.5. The third-order valence-electron chi connectivity index (χ3n) is 2.59. The van der Waals surface area contributed by atoms with E-state index in [0.717, 1.165) is 24.0 Å². The Kier molecular flexibility index (Phi) is 3.54. The molecule has 0 radical (unpaired) electrons. The lowest BCUT2D eigenvalue weighted by Crippen LogP contribution is -2.05. The number of rotatable bonds is 2. The summed E-state index contributed by atoms with van der Waals surface area (Å²) in [5.74, 6) is 0. The molecule has 0 saturated carbocycles. The fourth-order valence-electron chi connectivity index (χ4n) is 1.63. The van der Waals surface area contributed by atoms with Crippen LogP contribution in [-0.4, -0.2) is 9.97 Å². The molecule has 0 saturated heterocycles. The highest BCUT2D eigenvalue weighted by Crippen LogP contribution is 2.36. The second-order valence-electron chi connectivity index (χ2n) is 4.06. The number of halogens is 4. The number of para-hydroxylation sites is 2. The van der Waals surface area contributed by atoms with Gasteiger partial charge in [-0.15, -0.1) is 0 Å². The van der Waals surface area contributed by atoms with E-state index in [1.165, 1.54) is 0 Å². The molecule has 0 atom stereocenters. The van der Waals surface area contributed by atoms with Crippen molar-refractivity contribution in [1.82, 2.24) is 9.97 Å². The first-order chi connectivity index (χ1) is 9.93. The first kappa shape index (κ1) is 14.2. The minimum atomic E-state index is -4.47. The van der Waals surface area contributed by atoms with Gasteiger partial charge in [0, 0.05) is 6.20 Å². The first-order valence-corrected chi connectivity index (χ1v) is 6.89. The van der Waals surface area contributed by atoms with Crippen LogP contribution in [0.5, 0.6) is 0 Å². The number of benzene rings is 1. The van der Waals surface area contributed by atoms with Crippen LogP contribution in [0.3, 0.4) is 0 Å². The van der Waals surface area contributed by atoms with Crippen molar-refractivity contribution in [1.29, 1.82) is 0 Å². The third-order valence-corrected chi connectivity index (χ3v) is 3.86. The molecule has 0 bridgehead atoms. The molecule has 2 aromatic heterocycles. The summed E-state index contributed by atoms with van der Waals surface area (Å²) >= 11 is 6.80. The maximum absolute atomic E-state index is 12.5. The highest BCUT2D eigenvalue weighted by atomic mass is 35.5. The Morgan fingerprint density at radius 3 is 2.62 bits per heavy atom. The van der Waals surface area contributed by atoms with Crippen LogP contribution < -0.4 is 0 Å². The van der Waals surface area contributed by atoms with E-state index in [2.05, 4.69) is 9.97 Å². The van der Waals surface area contributed by atoms with Crippen LogP contribution in [0.1, 0.15) is 5.56 Å². The summed E-state index contributed by atoms with van der Waals surface area (Å²) in [4.78, 5) is 7.92. The number of aromatic nitrogens is 2. The van der Waals surface area contributed by atoms with Crippen molar-refractivity contribution in [3.8, 4) is 0 Å². The quantitative estimate of drug-likeness (QED) is 0.659. The molecule has 1 aromatic carbocycles.